The van der Waals surface area contributed by atoms with E-state index < -0.39 is 0 Å². The minimum atomic E-state index is -0.271. The molecule has 0 aromatic heterocycles. The normalized spacial score (nSPS) is 12.2. The van der Waals surface area contributed by atoms with E-state index >= 15 is 0 Å². The van der Waals surface area contributed by atoms with Crippen LogP contribution in [0.5, 0.6) is 17.2 Å². The molecule has 0 saturated heterocycles. The van der Waals surface area contributed by atoms with Gasteiger partial charge in [0, 0.05) is 29.9 Å². The average molecular weight is 461 g/mol. The van der Waals surface area contributed by atoms with Crippen molar-refractivity contribution in [2.24, 2.45) is 0 Å². The second-order valence-electron chi connectivity index (χ2n) is 8.13. The minimum Gasteiger partial charge on any atom is -0.493 e. The monoisotopic (exact) mass is 460 g/mol. The largest absolute Gasteiger partial charge is 0.493 e. The number of amides is 2. The molecule has 0 saturated carbocycles. The average Bonchev–Trinajstić information content (AvgIpc) is 3.29. The zero-order valence-electron chi connectivity index (χ0n) is 19.8. The summed E-state index contributed by atoms with van der Waals surface area (Å²) in [4.78, 5) is 27.7. The van der Waals surface area contributed by atoms with Crippen LogP contribution in [0.4, 0.5) is 5.69 Å². The van der Waals surface area contributed by atoms with E-state index in [9.17, 15) is 9.59 Å². The van der Waals surface area contributed by atoms with Crippen molar-refractivity contribution in [3.05, 3.63) is 82.4 Å². The molecule has 0 bridgehead atoms. The Bertz CT molecular complexity index is 1200. The van der Waals surface area contributed by atoms with Crippen LogP contribution in [0.3, 0.4) is 0 Å². The predicted molar refractivity (Wildman–Crippen MR) is 130 cm³/mol. The van der Waals surface area contributed by atoms with Crippen LogP contribution in [0.2, 0.25) is 0 Å². The van der Waals surface area contributed by atoms with Gasteiger partial charge in [-0.1, -0.05) is 29.8 Å². The van der Waals surface area contributed by atoms with Gasteiger partial charge in [-0.25, -0.2) is 0 Å². The van der Waals surface area contributed by atoms with Gasteiger partial charge in [0.1, 0.15) is 0 Å². The van der Waals surface area contributed by atoms with Gasteiger partial charge in [-0.3, -0.25) is 9.59 Å². The Morgan fingerprint density at radius 1 is 0.882 bits per heavy atom. The van der Waals surface area contributed by atoms with Gasteiger partial charge >= 0.3 is 0 Å². The highest BCUT2D eigenvalue weighted by molar-refractivity contribution is 6.07. The first-order valence-corrected chi connectivity index (χ1v) is 11.0. The number of aryl methyl sites for hydroxylation is 1. The summed E-state index contributed by atoms with van der Waals surface area (Å²) in [7, 11) is 4.53. The van der Waals surface area contributed by atoms with Gasteiger partial charge in [-0.05, 0) is 54.8 Å². The first-order valence-electron chi connectivity index (χ1n) is 11.0. The van der Waals surface area contributed by atoms with Crippen LogP contribution >= 0.6 is 0 Å². The van der Waals surface area contributed by atoms with Crippen LogP contribution in [-0.4, -0.2) is 39.7 Å². The van der Waals surface area contributed by atoms with E-state index in [1.54, 1.807) is 12.1 Å². The molecule has 1 N–H and O–H groups in total. The second kappa shape index (κ2) is 9.87. The van der Waals surface area contributed by atoms with Gasteiger partial charge in [-0.2, -0.15) is 0 Å². The fraction of sp³-hybridized carbons (Fsp3) is 0.259. The Labute approximate surface area is 199 Å². The quantitative estimate of drug-likeness (QED) is 0.573. The van der Waals surface area contributed by atoms with Gasteiger partial charge in [0.25, 0.3) is 11.8 Å². The lowest BCUT2D eigenvalue weighted by molar-refractivity contribution is 0.0948. The Balaban J connectivity index is 1.50. The lowest BCUT2D eigenvalue weighted by Crippen LogP contribution is -2.29. The van der Waals surface area contributed by atoms with Gasteiger partial charge in [0.2, 0.25) is 5.75 Å². The summed E-state index contributed by atoms with van der Waals surface area (Å²) in [6.07, 6.45) is 0.811. The summed E-state index contributed by atoms with van der Waals surface area (Å²) < 4.78 is 16.0. The van der Waals surface area contributed by atoms with E-state index in [-0.39, 0.29) is 11.8 Å². The topological polar surface area (TPSA) is 77.1 Å². The summed E-state index contributed by atoms with van der Waals surface area (Å²) in [6.45, 7) is 2.96. The van der Waals surface area contributed by atoms with Gasteiger partial charge in [0.05, 0.1) is 21.3 Å². The van der Waals surface area contributed by atoms with Crippen molar-refractivity contribution in [2.45, 2.75) is 19.9 Å². The molecule has 2 amide bonds. The van der Waals surface area contributed by atoms with Gasteiger partial charge in [-0.15, -0.1) is 0 Å². The smallest absolute Gasteiger partial charge is 0.258 e. The van der Waals surface area contributed by atoms with E-state index in [1.807, 2.05) is 54.3 Å². The highest BCUT2D eigenvalue weighted by Gasteiger charge is 2.26. The molecule has 0 aliphatic carbocycles. The molecule has 1 aliphatic heterocycles. The number of benzene rings is 3. The maximum atomic E-state index is 13.1. The zero-order valence-corrected chi connectivity index (χ0v) is 19.8. The van der Waals surface area contributed by atoms with Crippen LogP contribution in [0, 0.1) is 6.92 Å². The highest BCUT2D eigenvalue weighted by atomic mass is 16.5. The highest BCUT2D eigenvalue weighted by Crippen LogP contribution is 2.38. The molecule has 7 heteroatoms. The molecule has 34 heavy (non-hydrogen) atoms. The number of carbonyl (C=O) groups is 2. The summed E-state index contributed by atoms with van der Waals surface area (Å²) >= 11 is 0. The van der Waals surface area contributed by atoms with Crippen LogP contribution < -0.4 is 24.4 Å². The number of anilines is 1. The summed E-state index contributed by atoms with van der Waals surface area (Å²) in [5, 5.41) is 2.93. The molecule has 3 aromatic carbocycles. The lowest BCUT2D eigenvalue weighted by atomic mass is 10.1. The fourth-order valence-electron chi connectivity index (χ4n) is 4.09. The third kappa shape index (κ3) is 4.55. The number of hydrogen-bond acceptors (Lipinski definition) is 5. The molecule has 0 atom stereocenters. The molecular weight excluding hydrogens is 432 g/mol. The van der Waals surface area contributed by atoms with E-state index in [0.717, 1.165) is 28.8 Å². The Kier molecular flexibility index (Phi) is 6.72. The number of nitrogens with zero attached hydrogens (tertiary/aromatic N) is 1. The predicted octanol–water partition coefficient (Wildman–Crippen LogP) is 4.15. The maximum absolute atomic E-state index is 13.1. The number of methoxy groups -OCH3 is 3. The van der Waals surface area contributed by atoms with Crippen molar-refractivity contribution in [1.82, 2.24) is 5.32 Å². The lowest BCUT2D eigenvalue weighted by Gasteiger charge is -2.18. The minimum absolute atomic E-state index is 0.0163. The fourth-order valence-corrected chi connectivity index (χ4v) is 4.09. The molecule has 3 aromatic rings. The van der Waals surface area contributed by atoms with Crippen LogP contribution in [0.15, 0.2) is 54.6 Å². The second-order valence-corrected chi connectivity index (χ2v) is 8.13. The van der Waals surface area contributed by atoms with E-state index in [0.29, 0.717) is 41.5 Å². The molecule has 4 rings (SSSR count). The summed E-state index contributed by atoms with van der Waals surface area (Å²) in [5.74, 6) is 0.966. The molecule has 1 heterocycles. The van der Waals surface area contributed by atoms with Crippen LogP contribution in [0.1, 0.15) is 37.4 Å². The maximum Gasteiger partial charge on any atom is 0.258 e. The van der Waals surface area contributed by atoms with Crippen molar-refractivity contribution >= 4 is 17.5 Å². The number of ether oxygens (including phenoxy) is 3. The SMILES string of the molecule is COc1cc(C(=O)NCc2ccc3c(c2)N(C(=O)c2ccc(C)cc2)CC3)cc(OC)c1OC. The molecule has 176 valence electrons. The number of nitrogens with one attached hydrogen (secondary N) is 1. The number of carbonyl (C=O) groups excluding carboxylic acids is 2. The molecule has 0 fully saturated rings. The third-order valence-electron chi connectivity index (χ3n) is 5.97. The Morgan fingerprint density at radius 3 is 2.18 bits per heavy atom. The van der Waals surface area contributed by atoms with Crippen LogP contribution in [-0.2, 0) is 13.0 Å². The first kappa shape index (κ1) is 23.2. The Morgan fingerprint density at radius 2 is 1.56 bits per heavy atom. The van der Waals surface area contributed by atoms with Crippen molar-refractivity contribution in [1.29, 1.82) is 0 Å². The summed E-state index contributed by atoms with van der Waals surface area (Å²) in [6, 6.07) is 16.8. The molecule has 0 spiro atoms. The third-order valence-corrected chi connectivity index (χ3v) is 5.97. The van der Waals surface area contributed by atoms with Crippen molar-refractivity contribution in [3.8, 4) is 17.2 Å². The van der Waals surface area contributed by atoms with Gasteiger partial charge in [0.15, 0.2) is 11.5 Å². The van der Waals surface area contributed by atoms with E-state index in [2.05, 4.69) is 5.32 Å². The zero-order chi connectivity index (χ0) is 24.2. The van der Waals surface area contributed by atoms with E-state index in [1.165, 1.54) is 21.3 Å². The number of fused-ring (bicyclic) bond motifs is 1. The molecular formula is C27H28N2O5. The van der Waals surface area contributed by atoms with Crippen molar-refractivity contribution in [2.75, 3.05) is 32.8 Å². The van der Waals surface area contributed by atoms with Crippen molar-refractivity contribution in [3.63, 3.8) is 0 Å². The van der Waals surface area contributed by atoms with Crippen LogP contribution in [0.25, 0.3) is 0 Å². The first-order chi connectivity index (χ1) is 16.4. The molecule has 1 aliphatic rings. The Hall–Kier alpha value is -4.00. The number of hydrogen-bond donors (Lipinski definition) is 1. The van der Waals surface area contributed by atoms with Crippen molar-refractivity contribution < 1.29 is 23.8 Å². The molecule has 0 unspecified atom stereocenters. The van der Waals surface area contributed by atoms with E-state index in [4.69, 9.17) is 14.2 Å². The molecule has 7 nitrogen and oxygen atoms in total. The number of rotatable bonds is 7. The standard InChI is InChI=1S/C27H28N2O5/c1-17-5-8-20(9-6-17)27(31)29-12-11-19-10-7-18(13-22(19)29)16-28-26(30)21-14-23(32-2)25(34-4)24(15-21)33-3/h5-10,13-15H,11-12,16H2,1-4H3,(H,28,30). The van der Waals surface area contributed by atoms with Gasteiger partial charge < -0.3 is 24.4 Å². The molecule has 0 radical (unpaired) electrons. The summed E-state index contributed by atoms with van der Waals surface area (Å²) in [5.41, 5.74) is 5.10.